The van der Waals surface area contributed by atoms with E-state index in [0.717, 1.165) is 0 Å². The first-order valence-electron chi connectivity index (χ1n) is 10.7. The predicted octanol–water partition coefficient (Wildman–Crippen LogP) is 4.76. The molecule has 0 saturated heterocycles. The zero-order valence-corrected chi connectivity index (χ0v) is 20.3. The van der Waals surface area contributed by atoms with Gasteiger partial charge in [-0.15, -0.1) is 0 Å². The highest BCUT2D eigenvalue weighted by Gasteiger charge is 2.18. The van der Waals surface area contributed by atoms with E-state index in [4.69, 9.17) is 14.2 Å². The topological polar surface area (TPSA) is 103 Å². The van der Waals surface area contributed by atoms with Gasteiger partial charge in [-0.2, -0.15) is 0 Å². The lowest BCUT2D eigenvalue weighted by Gasteiger charge is -2.12. The summed E-state index contributed by atoms with van der Waals surface area (Å²) >= 11 is 3.36. The Hall–Kier alpha value is -4.11. The quantitative estimate of drug-likeness (QED) is 0.333. The summed E-state index contributed by atoms with van der Waals surface area (Å²) in [5.41, 5.74) is 1.82. The van der Waals surface area contributed by atoms with E-state index in [1.807, 2.05) is 0 Å². The Kier molecular flexibility index (Phi) is 7.47. The van der Waals surface area contributed by atoms with Crippen LogP contribution in [0.1, 0.15) is 33.2 Å². The Balaban J connectivity index is 1.59. The van der Waals surface area contributed by atoms with E-state index < -0.39 is 17.8 Å². The van der Waals surface area contributed by atoms with Gasteiger partial charge in [-0.1, -0.05) is 18.2 Å². The molecule has 1 aliphatic heterocycles. The lowest BCUT2D eigenvalue weighted by Crippen LogP contribution is -2.31. The fourth-order valence-corrected chi connectivity index (χ4v) is 3.73. The number of anilines is 1. The second-order valence-corrected chi connectivity index (χ2v) is 8.21. The number of amides is 2. The molecule has 0 aromatic heterocycles. The first-order valence-corrected chi connectivity index (χ1v) is 11.5. The third-order valence-electron chi connectivity index (χ3n) is 4.97. The minimum Gasteiger partial charge on any atom is -0.462 e. The lowest BCUT2D eigenvalue weighted by atomic mass is 10.1. The van der Waals surface area contributed by atoms with Gasteiger partial charge in [-0.25, -0.2) is 4.79 Å². The van der Waals surface area contributed by atoms with Gasteiger partial charge in [0.1, 0.15) is 5.70 Å². The summed E-state index contributed by atoms with van der Waals surface area (Å²) in [5.74, 6) is -0.309. The number of esters is 1. The van der Waals surface area contributed by atoms with E-state index in [1.165, 1.54) is 0 Å². The molecular formula is C26H21BrN2O6. The molecule has 1 aliphatic rings. The van der Waals surface area contributed by atoms with Crippen LogP contribution in [0.4, 0.5) is 5.69 Å². The number of ether oxygens (including phenoxy) is 3. The molecule has 0 saturated carbocycles. The van der Waals surface area contributed by atoms with Crippen LogP contribution in [0.5, 0.6) is 11.5 Å². The normalized spacial score (nSPS) is 12.1. The van der Waals surface area contributed by atoms with Gasteiger partial charge in [0.25, 0.3) is 11.8 Å². The monoisotopic (exact) mass is 536 g/mol. The molecule has 8 nitrogen and oxygen atoms in total. The van der Waals surface area contributed by atoms with Crippen LogP contribution in [-0.2, 0) is 9.53 Å². The van der Waals surface area contributed by atoms with Crippen LogP contribution in [0.15, 0.2) is 76.9 Å². The number of hydrogen-bond acceptors (Lipinski definition) is 6. The van der Waals surface area contributed by atoms with Crippen LogP contribution in [0.2, 0.25) is 0 Å². The number of carbonyl (C=O) groups excluding carboxylic acids is 3. The Labute approximate surface area is 210 Å². The molecule has 9 heteroatoms. The van der Waals surface area contributed by atoms with Crippen LogP contribution in [0, 0.1) is 0 Å². The predicted molar refractivity (Wildman–Crippen MR) is 133 cm³/mol. The molecule has 178 valence electrons. The number of halogens is 1. The maximum absolute atomic E-state index is 13.2. The number of rotatable bonds is 7. The van der Waals surface area contributed by atoms with E-state index in [2.05, 4.69) is 26.6 Å². The Morgan fingerprint density at radius 3 is 2.49 bits per heavy atom. The van der Waals surface area contributed by atoms with Crippen molar-refractivity contribution in [2.45, 2.75) is 6.92 Å². The maximum atomic E-state index is 13.2. The third-order valence-corrected chi connectivity index (χ3v) is 5.66. The van der Waals surface area contributed by atoms with Crippen LogP contribution < -0.4 is 20.1 Å². The number of carbonyl (C=O) groups is 3. The molecule has 1 heterocycles. The molecule has 0 radical (unpaired) electrons. The SMILES string of the molecule is CCOC(=O)c1ccc(NC(=O)C(=Cc2ccc3c(c2)OCO3)NC(=O)c2ccccc2Br)cc1. The molecule has 0 spiro atoms. The van der Waals surface area contributed by atoms with Crippen molar-refractivity contribution in [3.8, 4) is 11.5 Å². The molecule has 2 amide bonds. The molecule has 0 bridgehead atoms. The highest BCUT2D eigenvalue weighted by Crippen LogP contribution is 2.33. The first-order chi connectivity index (χ1) is 16.9. The second-order valence-electron chi connectivity index (χ2n) is 7.36. The number of benzene rings is 3. The van der Waals surface area contributed by atoms with Crippen molar-refractivity contribution < 1.29 is 28.6 Å². The molecule has 0 fully saturated rings. The summed E-state index contributed by atoms with van der Waals surface area (Å²) in [6, 6.07) is 18.4. The molecule has 0 aliphatic carbocycles. The largest absolute Gasteiger partial charge is 0.462 e. The van der Waals surface area contributed by atoms with Crippen molar-refractivity contribution in [2.24, 2.45) is 0 Å². The van der Waals surface area contributed by atoms with E-state index in [9.17, 15) is 14.4 Å². The molecule has 3 aromatic carbocycles. The van der Waals surface area contributed by atoms with Crippen molar-refractivity contribution in [3.63, 3.8) is 0 Å². The van der Waals surface area contributed by atoms with Gasteiger partial charge in [0, 0.05) is 10.2 Å². The Morgan fingerprint density at radius 1 is 1.00 bits per heavy atom. The summed E-state index contributed by atoms with van der Waals surface area (Å²) < 4.78 is 16.3. The van der Waals surface area contributed by atoms with Gasteiger partial charge in [0.05, 0.1) is 17.7 Å². The van der Waals surface area contributed by atoms with Crippen molar-refractivity contribution in [1.29, 1.82) is 0 Å². The molecular weight excluding hydrogens is 516 g/mol. The zero-order valence-electron chi connectivity index (χ0n) is 18.7. The minimum absolute atomic E-state index is 0.0130. The summed E-state index contributed by atoms with van der Waals surface area (Å²) in [5, 5.41) is 5.43. The van der Waals surface area contributed by atoms with Gasteiger partial charge < -0.3 is 24.8 Å². The molecule has 0 atom stereocenters. The van der Waals surface area contributed by atoms with E-state index in [-0.39, 0.29) is 19.1 Å². The van der Waals surface area contributed by atoms with Crippen molar-refractivity contribution in [3.05, 3.63) is 93.6 Å². The van der Waals surface area contributed by atoms with Gasteiger partial charge in [-0.05, 0) is 83.0 Å². The van der Waals surface area contributed by atoms with Crippen molar-refractivity contribution >= 4 is 45.5 Å². The van der Waals surface area contributed by atoms with Crippen LogP contribution in [-0.4, -0.2) is 31.2 Å². The smallest absolute Gasteiger partial charge is 0.338 e. The zero-order chi connectivity index (χ0) is 24.8. The molecule has 4 rings (SSSR count). The van der Waals surface area contributed by atoms with E-state index in [0.29, 0.717) is 38.3 Å². The lowest BCUT2D eigenvalue weighted by molar-refractivity contribution is -0.113. The van der Waals surface area contributed by atoms with Gasteiger partial charge in [0.15, 0.2) is 11.5 Å². The molecule has 2 N–H and O–H groups in total. The standard InChI is InChI=1S/C26H21BrN2O6/c1-2-33-26(32)17-8-10-18(11-9-17)28-25(31)21(29-24(30)19-5-3-4-6-20(19)27)13-16-7-12-22-23(14-16)35-15-34-22/h3-14H,2,15H2,1H3,(H,28,31)(H,29,30). The average Bonchev–Trinajstić information content (AvgIpc) is 3.32. The van der Waals surface area contributed by atoms with Crippen LogP contribution in [0.3, 0.4) is 0 Å². The van der Waals surface area contributed by atoms with Crippen molar-refractivity contribution in [1.82, 2.24) is 5.32 Å². The van der Waals surface area contributed by atoms with Crippen LogP contribution >= 0.6 is 15.9 Å². The van der Waals surface area contributed by atoms with E-state index >= 15 is 0 Å². The highest BCUT2D eigenvalue weighted by atomic mass is 79.9. The van der Waals surface area contributed by atoms with Crippen LogP contribution in [0.25, 0.3) is 6.08 Å². The summed E-state index contributed by atoms with van der Waals surface area (Å²) in [4.78, 5) is 38.0. The Bertz CT molecular complexity index is 1300. The summed E-state index contributed by atoms with van der Waals surface area (Å²) in [7, 11) is 0. The summed E-state index contributed by atoms with van der Waals surface area (Å²) in [6.45, 7) is 2.11. The fraction of sp³-hybridized carbons (Fsp3) is 0.115. The van der Waals surface area contributed by atoms with E-state index in [1.54, 1.807) is 79.7 Å². The summed E-state index contributed by atoms with van der Waals surface area (Å²) in [6.07, 6.45) is 1.54. The Morgan fingerprint density at radius 2 is 1.74 bits per heavy atom. The maximum Gasteiger partial charge on any atom is 0.338 e. The molecule has 0 unspecified atom stereocenters. The molecule has 35 heavy (non-hydrogen) atoms. The fourth-order valence-electron chi connectivity index (χ4n) is 3.27. The van der Waals surface area contributed by atoms with Gasteiger partial charge in [0.2, 0.25) is 6.79 Å². The average molecular weight is 537 g/mol. The second kappa shape index (κ2) is 10.9. The third kappa shape index (κ3) is 5.88. The van der Waals surface area contributed by atoms with Gasteiger partial charge >= 0.3 is 5.97 Å². The van der Waals surface area contributed by atoms with Crippen molar-refractivity contribution in [2.75, 3.05) is 18.7 Å². The first kappa shape index (κ1) is 24.0. The number of fused-ring (bicyclic) bond motifs is 1. The highest BCUT2D eigenvalue weighted by molar-refractivity contribution is 9.10. The molecule has 3 aromatic rings. The number of hydrogen-bond donors (Lipinski definition) is 2. The number of nitrogens with one attached hydrogen (secondary N) is 2. The minimum atomic E-state index is -0.549. The van der Waals surface area contributed by atoms with Gasteiger partial charge in [-0.3, -0.25) is 9.59 Å².